The van der Waals surface area contributed by atoms with Crippen molar-refractivity contribution in [1.29, 1.82) is 0 Å². The number of ether oxygens (including phenoxy) is 2. The number of hydrogen-bond acceptors (Lipinski definition) is 5. The van der Waals surface area contributed by atoms with E-state index in [9.17, 15) is 4.39 Å². The van der Waals surface area contributed by atoms with E-state index in [4.69, 9.17) is 9.47 Å². The van der Waals surface area contributed by atoms with E-state index in [1.165, 1.54) is 18.5 Å². The fourth-order valence-corrected chi connectivity index (χ4v) is 2.01. The fraction of sp³-hybridized carbons (Fsp3) is 0.333. The number of benzene rings is 1. The number of aromatic nitrogens is 2. The van der Waals surface area contributed by atoms with E-state index in [2.05, 4.69) is 15.3 Å². The molecule has 0 bridgehead atoms. The fourth-order valence-electron chi connectivity index (χ4n) is 2.01. The Bertz CT molecular complexity index is 568. The van der Waals surface area contributed by atoms with Gasteiger partial charge in [0.1, 0.15) is 12.1 Å². The van der Waals surface area contributed by atoms with Crippen molar-refractivity contribution in [2.24, 2.45) is 0 Å². The van der Waals surface area contributed by atoms with Crippen LogP contribution < -0.4 is 14.8 Å². The lowest BCUT2D eigenvalue weighted by Crippen LogP contribution is -2.19. The normalized spacial score (nSPS) is 12.0. The van der Waals surface area contributed by atoms with Crippen LogP contribution in [0.25, 0.3) is 0 Å². The van der Waals surface area contributed by atoms with Crippen LogP contribution in [0.4, 0.5) is 4.39 Å². The van der Waals surface area contributed by atoms with Gasteiger partial charge >= 0.3 is 0 Å². The molecule has 0 radical (unpaired) electrons. The Labute approximate surface area is 123 Å². The number of hydrogen-bond donors (Lipinski definition) is 1. The minimum absolute atomic E-state index is 0.0419. The maximum Gasteiger partial charge on any atom is 0.224 e. The second kappa shape index (κ2) is 6.99. The monoisotopic (exact) mass is 291 g/mol. The van der Waals surface area contributed by atoms with Crippen LogP contribution in [0.15, 0.2) is 30.6 Å². The average molecular weight is 291 g/mol. The third-order valence-electron chi connectivity index (χ3n) is 3.21. The molecule has 0 fully saturated rings. The zero-order chi connectivity index (χ0) is 15.2. The van der Waals surface area contributed by atoms with Gasteiger partial charge in [-0.2, -0.15) is 0 Å². The summed E-state index contributed by atoms with van der Waals surface area (Å²) < 4.78 is 23.4. The highest BCUT2D eigenvalue weighted by Crippen LogP contribution is 2.24. The highest BCUT2D eigenvalue weighted by Gasteiger charge is 2.14. The molecule has 6 heteroatoms. The lowest BCUT2D eigenvalue weighted by Gasteiger charge is -2.16. The van der Waals surface area contributed by atoms with Crippen LogP contribution in [-0.4, -0.2) is 24.2 Å². The molecule has 0 amide bonds. The highest BCUT2D eigenvalue weighted by atomic mass is 19.1. The minimum Gasteiger partial charge on any atom is -0.481 e. The third-order valence-corrected chi connectivity index (χ3v) is 3.21. The Hall–Kier alpha value is -2.21. The number of nitrogens with zero attached hydrogens (tertiary/aromatic N) is 2. The summed E-state index contributed by atoms with van der Waals surface area (Å²) in [6.07, 6.45) is 1.39. The van der Waals surface area contributed by atoms with E-state index in [1.807, 2.05) is 6.92 Å². The minimum atomic E-state index is -0.245. The van der Waals surface area contributed by atoms with Gasteiger partial charge in [-0.1, -0.05) is 12.1 Å². The topological polar surface area (TPSA) is 56.3 Å². The molecule has 1 heterocycles. The first-order valence-corrected chi connectivity index (χ1v) is 6.56. The van der Waals surface area contributed by atoms with Gasteiger partial charge in [-0.15, -0.1) is 0 Å². The quantitative estimate of drug-likeness (QED) is 0.886. The Morgan fingerprint density at radius 1 is 1.10 bits per heavy atom. The van der Waals surface area contributed by atoms with Crippen molar-refractivity contribution in [3.05, 3.63) is 47.5 Å². The molecule has 112 valence electrons. The standard InChI is InChI=1S/C15H18FN3O2/c1-10(11-4-6-12(16)7-5-11)17-8-13-14(20-2)18-9-19-15(13)21-3/h4-7,9-10,17H,8H2,1-3H3. The van der Waals surface area contributed by atoms with Crippen molar-refractivity contribution in [3.8, 4) is 11.8 Å². The summed E-state index contributed by atoms with van der Waals surface area (Å²) in [7, 11) is 3.10. The van der Waals surface area contributed by atoms with E-state index < -0.39 is 0 Å². The Morgan fingerprint density at radius 3 is 2.19 bits per heavy atom. The molecule has 1 unspecified atom stereocenters. The lowest BCUT2D eigenvalue weighted by molar-refractivity contribution is 0.357. The molecule has 0 saturated carbocycles. The molecule has 1 atom stereocenters. The molecule has 5 nitrogen and oxygen atoms in total. The van der Waals surface area contributed by atoms with Gasteiger partial charge in [-0.3, -0.25) is 0 Å². The maximum atomic E-state index is 12.9. The third kappa shape index (κ3) is 3.66. The first-order valence-electron chi connectivity index (χ1n) is 6.56. The molecule has 1 aromatic heterocycles. The van der Waals surface area contributed by atoms with Gasteiger partial charge < -0.3 is 14.8 Å². The first-order chi connectivity index (χ1) is 10.2. The number of methoxy groups -OCH3 is 2. The average Bonchev–Trinajstić information content (AvgIpc) is 2.52. The van der Waals surface area contributed by atoms with Crippen molar-refractivity contribution >= 4 is 0 Å². The molecule has 1 N–H and O–H groups in total. The molecule has 1 aromatic carbocycles. The SMILES string of the molecule is COc1ncnc(OC)c1CNC(C)c1ccc(F)cc1. The predicted octanol–water partition coefficient (Wildman–Crippen LogP) is 2.48. The Morgan fingerprint density at radius 2 is 1.67 bits per heavy atom. The smallest absolute Gasteiger partial charge is 0.224 e. The van der Waals surface area contributed by atoms with Gasteiger partial charge in [0.2, 0.25) is 11.8 Å². The van der Waals surface area contributed by atoms with Gasteiger partial charge in [0.25, 0.3) is 0 Å². The molecular formula is C15H18FN3O2. The summed E-state index contributed by atoms with van der Waals surface area (Å²) in [5.41, 5.74) is 1.74. The van der Waals surface area contributed by atoms with Crippen molar-refractivity contribution in [1.82, 2.24) is 15.3 Å². The molecule has 2 aromatic rings. The molecular weight excluding hydrogens is 273 g/mol. The molecule has 0 spiro atoms. The van der Waals surface area contributed by atoms with Crippen molar-refractivity contribution < 1.29 is 13.9 Å². The molecule has 2 rings (SSSR count). The van der Waals surface area contributed by atoms with Gasteiger partial charge in [-0.25, -0.2) is 14.4 Å². The van der Waals surface area contributed by atoms with E-state index in [0.29, 0.717) is 18.3 Å². The zero-order valence-electron chi connectivity index (χ0n) is 12.3. The Kier molecular flexibility index (Phi) is 5.05. The van der Waals surface area contributed by atoms with Crippen molar-refractivity contribution in [2.75, 3.05) is 14.2 Å². The second-order valence-corrected chi connectivity index (χ2v) is 4.52. The first kappa shape index (κ1) is 15.2. The van der Waals surface area contributed by atoms with Crippen LogP contribution in [0.3, 0.4) is 0 Å². The summed E-state index contributed by atoms with van der Waals surface area (Å²) in [5.74, 6) is 0.701. The summed E-state index contributed by atoms with van der Waals surface area (Å²) in [6, 6.07) is 6.44. The lowest BCUT2D eigenvalue weighted by atomic mass is 10.1. The summed E-state index contributed by atoms with van der Waals surface area (Å²) in [6.45, 7) is 2.47. The van der Waals surface area contributed by atoms with Gasteiger partial charge in [0, 0.05) is 12.6 Å². The van der Waals surface area contributed by atoms with E-state index in [1.54, 1.807) is 26.4 Å². The van der Waals surface area contributed by atoms with Crippen LogP contribution in [0, 0.1) is 5.82 Å². The Balaban J connectivity index is 2.10. The van der Waals surface area contributed by atoms with Gasteiger partial charge in [0.15, 0.2) is 0 Å². The van der Waals surface area contributed by atoms with E-state index >= 15 is 0 Å². The summed E-state index contributed by atoms with van der Waals surface area (Å²) >= 11 is 0. The largest absolute Gasteiger partial charge is 0.481 e. The zero-order valence-corrected chi connectivity index (χ0v) is 12.3. The van der Waals surface area contributed by atoms with Crippen molar-refractivity contribution in [2.45, 2.75) is 19.5 Å². The van der Waals surface area contributed by atoms with Crippen LogP contribution in [0.5, 0.6) is 11.8 Å². The maximum absolute atomic E-state index is 12.9. The second-order valence-electron chi connectivity index (χ2n) is 4.52. The number of halogens is 1. The summed E-state index contributed by atoms with van der Waals surface area (Å²) in [4.78, 5) is 8.13. The summed E-state index contributed by atoms with van der Waals surface area (Å²) in [5, 5.41) is 3.32. The van der Waals surface area contributed by atoms with Gasteiger partial charge in [-0.05, 0) is 24.6 Å². The van der Waals surface area contributed by atoms with E-state index in [0.717, 1.165) is 11.1 Å². The number of rotatable bonds is 6. The highest BCUT2D eigenvalue weighted by molar-refractivity contribution is 5.34. The molecule has 0 aliphatic rings. The van der Waals surface area contributed by atoms with Crippen LogP contribution in [-0.2, 0) is 6.54 Å². The van der Waals surface area contributed by atoms with Gasteiger partial charge in [0.05, 0.1) is 19.8 Å². The number of nitrogens with one attached hydrogen (secondary N) is 1. The predicted molar refractivity (Wildman–Crippen MR) is 76.8 cm³/mol. The molecule has 21 heavy (non-hydrogen) atoms. The van der Waals surface area contributed by atoms with Crippen LogP contribution in [0.1, 0.15) is 24.1 Å². The van der Waals surface area contributed by atoms with Crippen LogP contribution in [0.2, 0.25) is 0 Å². The molecule has 0 aliphatic heterocycles. The molecule has 0 saturated heterocycles. The van der Waals surface area contributed by atoms with E-state index in [-0.39, 0.29) is 11.9 Å². The molecule has 0 aliphatic carbocycles. The van der Waals surface area contributed by atoms with Crippen molar-refractivity contribution in [3.63, 3.8) is 0 Å². The van der Waals surface area contributed by atoms with Crippen LogP contribution >= 0.6 is 0 Å².